The van der Waals surface area contributed by atoms with Gasteiger partial charge in [0.2, 0.25) is 10.0 Å². The maximum atomic E-state index is 11.4. The van der Waals surface area contributed by atoms with Crippen LogP contribution in [0.5, 0.6) is 0 Å². The van der Waals surface area contributed by atoms with Gasteiger partial charge in [-0.25, -0.2) is 13.1 Å². The van der Waals surface area contributed by atoms with Crippen LogP contribution in [-0.2, 0) is 10.0 Å². The monoisotopic (exact) mass is 201 g/mol. The minimum Gasteiger partial charge on any atom is -0.208 e. The molecule has 1 fully saturated rings. The first-order valence-corrected chi connectivity index (χ1v) is 5.88. The van der Waals surface area contributed by atoms with Crippen LogP contribution in [-0.4, -0.2) is 14.5 Å². The first-order chi connectivity index (χ1) is 6.06. The summed E-state index contributed by atoms with van der Waals surface area (Å²) in [5, 5.41) is 0. The third-order valence-electron chi connectivity index (χ3n) is 2.25. The van der Waals surface area contributed by atoms with E-state index in [1.807, 2.05) is 0 Å². The molecule has 3 nitrogen and oxygen atoms in total. The van der Waals surface area contributed by atoms with Gasteiger partial charge in [0, 0.05) is 6.04 Å². The van der Waals surface area contributed by atoms with Crippen molar-refractivity contribution in [1.29, 1.82) is 0 Å². The molecule has 1 aliphatic rings. The first kappa shape index (κ1) is 10.5. The summed E-state index contributed by atoms with van der Waals surface area (Å²) in [6.45, 7) is 6.80. The average molecular weight is 201 g/mol. The summed E-state index contributed by atoms with van der Waals surface area (Å²) in [5.41, 5.74) is 0. The lowest BCUT2D eigenvalue weighted by Crippen LogP contribution is -2.32. The molecule has 0 saturated heterocycles. The third-order valence-corrected chi connectivity index (χ3v) is 3.75. The summed E-state index contributed by atoms with van der Waals surface area (Å²) >= 11 is 0. The first-order valence-electron chi connectivity index (χ1n) is 4.40. The Balaban J connectivity index is 2.60. The molecule has 0 heterocycles. The summed E-state index contributed by atoms with van der Waals surface area (Å²) in [6, 6.07) is 0.0988. The summed E-state index contributed by atoms with van der Waals surface area (Å²) in [4.78, 5) is 0.0550. The van der Waals surface area contributed by atoms with Crippen LogP contribution in [0.4, 0.5) is 0 Å². The van der Waals surface area contributed by atoms with E-state index in [9.17, 15) is 8.42 Å². The molecule has 0 aliphatic heterocycles. The molecule has 1 aliphatic carbocycles. The molecule has 0 aromatic heterocycles. The van der Waals surface area contributed by atoms with Crippen molar-refractivity contribution in [2.24, 2.45) is 0 Å². The van der Waals surface area contributed by atoms with Gasteiger partial charge in [-0.15, -0.1) is 0 Å². The molecule has 0 bridgehead atoms. The zero-order valence-corrected chi connectivity index (χ0v) is 8.44. The maximum Gasteiger partial charge on any atom is 0.240 e. The van der Waals surface area contributed by atoms with E-state index in [4.69, 9.17) is 0 Å². The lowest BCUT2D eigenvalue weighted by atomic mass is 10.3. The van der Waals surface area contributed by atoms with E-state index < -0.39 is 10.0 Å². The molecule has 1 rings (SSSR count). The fourth-order valence-corrected chi connectivity index (χ4v) is 2.49. The summed E-state index contributed by atoms with van der Waals surface area (Å²) in [7, 11) is -3.36. The number of sulfonamides is 1. The Bertz CT molecular complexity index is 300. The zero-order chi connectivity index (χ0) is 9.90. The molecular weight excluding hydrogens is 186 g/mol. The van der Waals surface area contributed by atoms with E-state index in [-0.39, 0.29) is 10.9 Å². The Morgan fingerprint density at radius 3 is 2.38 bits per heavy atom. The minimum atomic E-state index is -3.36. The highest BCUT2D eigenvalue weighted by Crippen LogP contribution is 2.19. The summed E-state index contributed by atoms with van der Waals surface area (Å²) < 4.78 is 25.5. The quantitative estimate of drug-likeness (QED) is 0.701. The Labute approximate surface area is 79.6 Å². The van der Waals surface area contributed by atoms with Crippen LogP contribution in [0.25, 0.3) is 0 Å². The molecule has 1 N–H and O–H groups in total. The van der Waals surface area contributed by atoms with Crippen molar-refractivity contribution in [2.75, 3.05) is 0 Å². The van der Waals surface area contributed by atoms with Gasteiger partial charge in [0.25, 0.3) is 0 Å². The van der Waals surface area contributed by atoms with Crippen LogP contribution in [0, 0.1) is 0 Å². The molecular formula is C9H15NO2S. The molecule has 0 aromatic carbocycles. The van der Waals surface area contributed by atoms with Gasteiger partial charge in [-0.3, -0.25) is 0 Å². The van der Waals surface area contributed by atoms with Gasteiger partial charge in [-0.2, -0.15) is 0 Å². The van der Waals surface area contributed by atoms with Crippen molar-refractivity contribution in [3.8, 4) is 0 Å². The van der Waals surface area contributed by atoms with Crippen LogP contribution >= 0.6 is 0 Å². The fourth-order valence-electron chi connectivity index (χ4n) is 1.45. The van der Waals surface area contributed by atoms with Crippen LogP contribution in [0.2, 0.25) is 0 Å². The van der Waals surface area contributed by atoms with Crippen LogP contribution < -0.4 is 4.72 Å². The predicted molar refractivity (Wildman–Crippen MR) is 53.6 cm³/mol. The van der Waals surface area contributed by atoms with Crippen LogP contribution in [0.15, 0.2) is 24.1 Å². The van der Waals surface area contributed by atoms with Gasteiger partial charge in [-0.05, 0) is 18.9 Å². The van der Waals surface area contributed by atoms with Crippen molar-refractivity contribution in [3.63, 3.8) is 0 Å². The highest BCUT2D eigenvalue weighted by Gasteiger charge is 2.21. The topological polar surface area (TPSA) is 46.2 Å². The van der Waals surface area contributed by atoms with E-state index in [0.717, 1.165) is 25.7 Å². The van der Waals surface area contributed by atoms with Gasteiger partial charge >= 0.3 is 0 Å². The molecule has 1 saturated carbocycles. The molecule has 0 unspecified atom stereocenters. The zero-order valence-electron chi connectivity index (χ0n) is 7.62. The normalized spacial score (nSPS) is 18.8. The fraction of sp³-hybridized carbons (Fsp3) is 0.556. The lowest BCUT2D eigenvalue weighted by Gasteiger charge is -2.11. The molecule has 0 amide bonds. The predicted octanol–water partition coefficient (Wildman–Crippen LogP) is 1.55. The van der Waals surface area contributed by atoms with Gasteiger partial charge in [0.05, 0.1) is 4.91 Å². The van der Waals surface area contributed by atoms with Crippen molar-refractivity contribution in [3.05, 3.63) is 24.1 Å². The average Bonchev–Trinajstić information content (AvgIpc) is 2.54. The number of hydrogen-bond acceptors (Lipinski definition) is 2. The van der Waals surface area contributed by atoms with E-state index >= 15 is 0 Å². The molecule has 0 spiro atoms. The molecule has 0 aromatic rings. The number of hydrogen-bond donors (Lipinski definition) is 1. The Kier molecular flexibility index (Phi) is 3.27. The highest BCUT2D eigenvalue weighted by atomic mass is 32.2. The van der Waals surface area contributed by atoms with Gasteiger partial charge < -0.3 is 0 Å². The smallest absolute Gasteiger partial charge is 0.208 e. The second kappa shape index (κ2) is 4.07. The van der Waals surface area contributed by atoms with E-state index in [0.29, 0.717) is 0 Å². The van der Waals surface area contributed by atoms with Crippen molar-refractivity contribution in [1.82, 2.24) is 4.72 Å². The van der Waals surface area contributed by atoms with E-state index in [1.54, 1.807) is 0 Å². The van der Waals surface area contributed by atoms with Gasteiger partial charge in [-0.1, -0.05) is 26.0 Å². The van der Waals surface area contributed by atoms with Crippen molar-refractivity contribution in [2.45, 2.75) is 31.7 Å². The van der Waals surface area contributed by atoms with Crippen LogP contribution in [0.3, 0.4) is 0 Å². The minimum absolute atomic E-state index is 0.0550. The standard InChI is InChI=1S/C9H15NO2S/c1-3-8(2)13(11,12)10-9-6-4-5-7-9/h3,9-10H,1-2,4-7H2. The maximum absolute atomic E-state index is 11.4. The van der Waals surface area contributed by atoms with Crippen molar-refractivity contribution >= 4 is 10.0 Å². The lowest BCUT2D eigenvalue weighted by molar-refractivity contribution is 0.559. The Hall–Kier alpha value is -0.610. The second-order valence-corrected chi connectivity index (χ2v) is 5.04. The van der Waals surface area contributed by atoms with E-state index in [1.165, 1.54) is 6.08 Å². The molecule has 74 valence electrons. The van der Waals surface area contributed by atoms with E-state index in [2.05, 4.69) is 17.9 Å². The number of allylic oxidation sites excluding steroid dienone is 1. The third kappa shape index (κ3) is 2.67. The van der Waals surface area contributed by atoms with Crippen LogP contribution in [0.1, 0.15) is 25.7 Å². The summed E-state index contributed by atoms with van der Waals surface area (Å²) in [6.07, 6.45) is 5.34. The summed E-state index contributed by atoms with van der Waals surface area (Å²) in [5.74, 6) is 0. The molecule has 0 radical (unpaired) electrons. The van der Waals surface area contributed by atoms with Gasteiger partial charge in [0.15, 0.2) is 0 Å². The number of nitrogens with one attached hydrogen (secondary N) is 1. The SMILES string of the molecule is C=CC(=C)S(=O)(=O)NC1CCCC1. The van der Waals surface area contributed by atoms with Gasteiger partial charge in [0.1, 0.15) is 0 Å². The number of rotatable bonds is 4. The molecule has 13 heavy (non-hydrogen) atoms. The second-order valence-electron chi connectivity index (χ2n) is 3.27. The largest absolute Gasteiger partial charge is 0.240 e. The molecule has 4 heteroatoms. The molecule has 0 atom stereocenters. The Morgan fingerprint density at radius 2 is 1.92 bits per heavy atom. The highest BCUT2D eigenvalue weighted by molar-refractivity contribution is 7.93. The van der Waals surface area contributed by atoms with Crippen molar-refractivity contribution < 1.29 is 8.42 Å². The Morgan fingerprint density at radius 1 is 1.38 bits per heavy atom.